The summed E-state index contributed by atoms with van der Waals surface area (Å²) in [7, 11) is 3.24. The van der Waals surface area contributed by atoms with E-state index < -0.39 is 52.8 Å². The zero-order chi connectivity index (χ0) is 35.5. The number of pyridine rings is 1. The first-order chi connectivity index (χ1) is 24.6. The first kappa shape index (κ1) is 34.0. The third-order valence-corrected chi connectivity index (χ3v) is 12.3. The van der Waals surface area contributed by atoms with E-state index in [9.17, 15) is 9.90 Å². The second-order valence-corrected chi connectivity index (χ2v) is 15.1. The Kier molecular flexibility index (Phi) is 8.59. The Bertz CT molecular complexity index is 1920. The summed E-state index contributed by atoms with van der Waals surface area (Å²) in [5.74, 6) is 0.717. The minimum absolute atomic E-state index is 0.0431. The third kappa shape index (κ3) is 5.50. The van der Waals surface area contributed by atoms with Crippen molar-refractivity contribution in [3.8, 4) is 22.8 Å². The van der Waals surface area contributed by atoms with Crippen LogP contribution in [0.15, 0.2) is 94.4 Å². The number of fused-ring (bicyclic) bond motifs is 6. The van der Waals surface area contributed by atoms with Crippen molar-refractivity contribution in [2.24, 2.45) is 22.7 Å². The first-order valence-corrected chi connectivity index (χ1v) is 17.7. The Labute approximate surface area is 297 Å². The molecule has 2 aromatic heterocycles. The zero-order valence-corrected chi connectivity index (χ0v) is 29.6. The molecule has 4 unspecified atom stereocenters. The molecular weight excluding hydrogens is 650 g/mol. The van der Waals surface area contributed by atoms with Crippen molar-refractivity contribution < 1.29 is 37.9 Å². The molecule has 10 heteroatoms. The van der Waals surface area contributed by atoms with Gasteiger partial charge in [-0.05, 0) is 61.8 Å². The van der Waals surface area contributed by atoms with E-state index >= 15 is 0 Å². The molecular formula is C41H45NO9. The summed E-state index contributed by atoms with van der Waals surface area (Å²) in [5.41, 5.74) is -0.0957. The molecule has 10 nitrogen and oxygen atoms in total. The first-order valence-electron chi connectivity index (χ1n) is 17.7. The maximum absolute atomic E-state index is 13.8. The van der Waals surface area contributed by atoms with E-state index in [-0.39, 0.29) is 23.3 Å². The van der Waals surface area contributed by atoms with Gasteiger partial charge in [0.25, 0.3) is 0 Å². The fourth-order valence-corrected chi connectivity index (χ4v) is 9.84. The number of benzene rings is 2. The summed E-state index contributed by atoms with van der Waals surface area (Å²) < 4.78 is 44.5. The molecule has 2 aliphatic carbocycles. The summed E-state index contributed by atoms with van der Waals surface area (Å²) in [6, 6.07) is 22.9. The van der Waals surface area contributed by atoms with Gasteiger partial charge >= 0.3 is 5.63 Å². The van der Waals surface area contributed by atoms with Crippen LogP contribution in [0.2, 0.25) is 0 Å². The predicted molar refractivity (Wildman–Crippen MR) is 187 cm³/mol. The molecule has 4 aliphatic rings. The molecule has 51 heavy (non-hydrogen) atoms. The number of nitrogens with zero attached hydrogens (tertiary/aromatic N) is 1. The van der Waals surface area contributed by atoms with Crippen molar-refractivity contribution in [2.75, 3.05) is 20.8 Å². The average Bonchev–Trinajstić information content (AvgIpc) is 3.14. The van der Waals surface area contributed by atoms with Gasteiger partial charge in [0.05, 0.1) is 25.9 Å². The molecule has 0 spiro atoms. The molecule has 8 rings (SSSR count). The fourth-order valence-electron chi connectivity index (χ4n) is 9.84. The van der Waals surface area contributed by atoms with Crippen LogP contribution in [0, 0.1) is 22.7 Å². The molecule has 268 valence electrons. The van der Waals surface area contributed by atoms with Gasteiger partial charge < -0.3 is 37.9 Å². The quantitative estimate of drug-likeness (QED) is 0.199. The van der Waals surface area contributed by atoms with Crippen LogP contribution in [0.3, 0.4) is 0 Å². The van der Waals surface area contributed by atoms with Gasteiger partial charge in [-0.15, -0.1) is 0 Å². The summed E-state index contributed by atoms with van der Waals surface area (Å²) in [6.07, 6.45) is 2.29. The Morgan fingerprint density at radius 2 is 1.76 bits per heavy atom. The van der Waals surface area contributed by atoms with Crippen LogP contribution in [0.5, 0.6) is 11.5 Å². The van der Waals surface area contributed by atoms with Crippen molar-refractivity contribution in [1.29, 1.82) is 0 Å². The van der Waals surface area contributed by atoms with Gasteiger partial charge in [0.2, 0.25) is 0 Å². The zero-order valence-electron chi connectivity index (χ0n) is 29.6. The molecule has 0 bridgehead atoms. The van der Waals surface area contributed by atoms with E-state index in [1.807, 2.05) is 67.6 Å². The number of aliphatic hydroxyl groups excluding tert-OH is 1. The minimum atomic E-state index is -1.19. The molecule has 10 atom stereocenters. The molecule has 1 saturated heterocycles. The largest absolute Gasteiger partial charge is 0.497 e. The van der Waals surface area contributed by atoms with Crippen molar-refractivity contribution in [2.45, 2.75) is 76.5 Å². The Hall–Kier alpha value is -4.06. The molecule has 2 aliphatic heterocycles. The van der Waals surface area contributed by atoms with Gasteiger partial charge in [0, 0.05) is 53.6 Å². The second-order valence-electron chi connectivity index (χ2n) is 15.1. The molecule has 0 radical (unpaired) electrons. The lowest BCUT2D eigenvalue weighted by atomic mass is 9.42. The van der Waals surface area contributed by atoms with Gasteiger partial charge in [-0.3, -0.25) is 4.98 Å². The van der Waals surface area contributed by atoms with Crippen LogP contribution >= 0.6 is 0 Å². The van der Waals surface area contributed by atoms with Crippen LogP contribution in [-0.4, -0.2) is 48.7 Å². The van der Waals surface area contributed by atoms with E-state index in [2.05, 4.69) is 18.8 Å². The molecule has 4 aromatic rings. The van der Waals surface area contributed by atoms with Crippen LogP contribution in [0.4, 0.5) is 0 Å². The topological polar surface area (TPSA) is 119 Å². The highest BCUT2D eigenvalue weighted by atomic mass is 16.7. The Morgan fingerprint density at radius 3 is 2.47 bits per heavy atom. The van der Waals surface area contributed by atoms with E-state index in [4.69, 9.17) is 32.8 Å². The maximum Gasteiger partial charge on any atom is 0.345 e. The minimum Gasteiger partial charge on any atom is -0.497 e. The molecule has 0 amide bonds. The molecule has 3 fully saturated rings. The number of aromatic nitrogens is 1. The molecule has 1 N–H and O–H groups in total. The monoisotopic (exact) mass is 695 g/mol. The van der Waals surface area contributed by atoms with Gasteiger partial charge in [-0.1, -0.05) is 56.3 Å². The normalized spacial score (nSPS) is 34.5. The van der Waals surface area contributed by atoms with Crippen LogP contribution in [-0.2, 0) is 18.9 Å². The highest BCUT2D eigenvalue weighted by Gasteiger charge is 2.70. The lowest BCUT2D eigenvalue weighted by Gasteiger charge is -2.68. The summed E-state index contributed by atoms with van der Waals surface area (Å²) in [6.45, 7) is 6.92. The van der Waals surface area contributed by atoms with Crippen molar-refractivity contribution in [3.05, 3.63) is 112 Å². The predicted octanol–water partition coefficient (Wildman–Crippen LogP) is 7.18. The second kappa shape index (κ2) is 12.9. The average molecular weight is 696 g/mol. The van der Waals surface area contributed by atoms with Crippen molar-refractivity contribution >= 4 is 0 Å². The van der Waals surface area contributed by atoms with Crippen molar-refractivity contribution in [3.63, 3.8) is 0 Å². The van der Waals surface area contributed by atoms with Gasteiger partial charge in [0.15, 0.2) is 12.6 Å². The molecule has 2 aromatic carbocycles. The Morgan fingerprint density at radius 1 is 0.980 bits per heavy atom. The lowest BCUT2D eigenvalue weighted by Crippen LogP contribution is -2.71. The number of hydrogen-bond acceptors (Lipinski definition) is 10. The smallest absolute Gasteiger partial charge is 0.345 e. The van der Waals surface area contributed by atoms with Crippen molar-refractivity contribution in [1.82, 2.24) is 4.98 Å². The fraction of sp³-hybridized carbons (Fsp3) is 0.463. The number of methoxy groups -OCH3 is 2. The lowest BCUT2D eigenvalue weighted by molar-refractivity contribution is -0.340. The van der Waals surface area contributed by atoms with Crippen LogP contribution in [0.1, 0.15) is 75.4 Å². The highest BCUT2D eigenvalue weighted by molar-refractivity contribution is 5.59. The number of hydrogen-bond donors (Lipinski definition) is 1. The standard InChI is InChI=1S/C41H45NO9/c1-39-18-17-31-40(2,23-47-38(49-31)24-10-7-6-8-11-24)30(39)21-32(50-37(46-5)25-13-15-27(45-4)16-14-25)41(3)35(39)34(43)33-29(51-41)20-28(48-36(33)44)26-12-9-19-42-22-26/h6-16,19-20,22,30-32,34-35,37-38,43H,17-18,21,23H2,1-5H3/t30?,31-,32-,34-,35?,37?,38+,39-,40+,41?/m0/s1. The highest BCUT2D eigenvalue weighted by Crippen LogP contribution is 2.68. The SMILES string of the molecule is COc1ccc(C(OC)O[C@H]2CC3[C@](C)(CC[C@@H]4O[C@H](c5ccccc5)OC[C@]34C)C3[C@@H](O)c4c(cc(-c5cccnc5)oc4=O)OC32C)cc1. The van der Waals surface area contributed by atoms with E-state index in [1.165, 1.54) is 0 Å². The van der Waals surface area contributed by atoms with E-state index in [0.717, 1.165) is 29.7 Å². The number of ether oxygens (including phenoxy) is 6. The third-order valence-electron chi connectivity index (χ3n) is 12.3. The summed E-state index contributed by atoms with van der Waals surface area (Å²) >= 11 is 0. The number of rotatable bonds is 7. The Balaban J connectivity index is 1.21. The van der Waals surface area contributed by atoms with E-state index in [1.54, 1.807) is 38.7 Å². The molecule has 2 saturated carbocycles. The summed E-state index contributed by atoms with van der Waals surface area (Å²) in [5, 5.41) is 12.5. The van der Waals surface area contributed by atoms with Gasteiger partial charge in [0.1, 0.15) is 34.5 Å². The van der Waals surface area contributed by atoms with Crippen LogP contribution in [0.25, 0.3) is 11.3 Å². The summed E-state index contributed by atoms with van der Waals surface area (Å²) in [4.78, 5) is 18.0. The van der Waals surface area contributed by atoms with Gasteiger partial charge in [-0.2, -0.15) is 0 Å². The van der Waals surface area contributed by atoms with Gasteiger partial charge in [-0.25, -0.2) is 4.79 Å². The van der Waals surface area contributed by atoms with Crippen LogP contribution < -0.4 is 15.1 Å². The maximum atomic E-state index is 13.8. The van der Waals surface area contributed by atoms with E-state index in [0.29, 0.717) is 24.4 Å². The molecule has 4 heterocycles. The number of aliphatic hydroxyl groups is 1.